The lowest BCUT2D eigenvalue weighted by atomic mass is 9.80. The second-order valence-corrected chi connectivity index (χ2v) is 6.44. The summed E-state index contributed by atoms with van der Waals surface area (Å²) < 4.78 is 11.6. The van der Waals surface area contributed by atoms with E-state index < -0.39 is 0 Å². The zero-order valence-electron chi connectivity index (χ0n) is 12.3. The molecule has 0 saturated heterocycles. The summed E-state index contributed by atoms with van der Waals surface area (Å²) in [6, 6.07) is 3.63. The molecule has 0 aromatic heterocycles. The molecule has 0 aliphatic heterocycles. The van der Waals surface area contributed by atoms with Crippen molar-refractivity contribution in [2.24, 2.45) is 11.8 Å². The van der Waals surface area contributed by atoms with Gasteiger partial charge in [0, 0.05) is 16.7 Å². The van der Waals surface area contributed by atoms with Crippen LogP contribution in [0.2, 0.25) is 5.02 Å². The van der Waals surface area contributed by atoms with Crippen molar-refractivity contribution in [3.8, 4) is 11.5 Å². The average Bonchev–Trinajstić information content (AvgIpc) is 2.44. The summed E-state index contributed by atoms with van der Waals surface area (Å²) in [6.07, 6.45) is 3.60. The molecule has 2 nitrogen and oxygen atoms in total. The van der Waals surface area contributed by atoms with Crippen LogP contribution in [0.3, 0.4) is 0 Å². The largest absolute Gasteiger partial charge is 0.493 e. The van der Waals surface area contributed by atoms with Gasteiger partial charge in [0.2, 0.25) is 0 Å². The molecule has 3 unspecified atom stereocenters. The third kappa shape index (κ3) is 3.53. The number of ether oxygens (including phenoxy) is 2. The first kappa shape index (κ1) is 15.8. The zero-order valence-corrected chi connectivity index (χ0v) is 13.8. The van der Waals surface area contributed by atoms with Crippen LogP contribution in [0.25, 0.3) is 0 Å². The molecule has 1 aliphatic rings. The second kappa shape index (κ2) is 6.91. The van der Waals surface area contributed by atoms with Crippen molar-refractivity contribution in [3.05, 3.63) is 22.7 Å². The van der Waals surface area contributed by atoms with Crippen molar-refractivity contribution < 1.29 is 9.47 Å². The molecule has 1 saturated carbocycles. The number of hydrogen-bond donors (Lipinski definition) is 0. The molecular weight excluding hydrogens is 295 g/mol. The highest BCUT2D eigenvalue weighted by atomic mass is 35.5. The zero-order chi connectivity index (χ0) is 14.7. The van der Waals surface area contributed by atoms with Crippen LogP contribution in [0, 0.1) is 11.8 Å². The third-order valence-electron chi connectivity index (χ3n) is 4.30. The number of benzene rings is 1. The van der Waals surface area contributed by atoms with E-state index in [1.165, 1.54) is 6.42 Å². The van der Waals surface area contributed by atoms with Crippen molar-refractivity contribution >= 4 is 23.2 Å². The SMILES string of the molecule is COc1cc(Cl)cc(CCl)c1OC1CCC(C)C(C)C1. The van der Waals surface area contributed by atoms with Gasteiger partial charge in [-0.05, 0) is 37.2 Å². The fourth-order valence-corrected chi connectivity index (χ4v) is 3.21. The molecule has 0 bridgehead atoms. The van der Waals surface area contributed by atoms with Gasteiger partial charge in [0.05, 0.1) is 19.1 Å². The maximum atomic E-state index is 6.21. The molecule has 3 atom stereocenters. The summed E-state index contributed by atoms with van der Waals surface area (Å²) in [4.78, 5) is 0. The highest BCUT2D eigenvalue weighted by Gasteiger charge is 2.27. The van der Waals surface area contributed by atoms with E-state index in [0.29, 0.717) is 22.6 Å². The van der Waals surface area contributed by atoms with Gasteiger partial charge in [0.15, 0.2) is 11.5 Å². The molecule has 0 spiro atoms. The summed E-state index contributed by atoms with van der Waals surface area (Å²) in [5, 5.41) is 0.621. The summed E-state index contributed by atoms with van der Waals surface area (Å²) in [6.45, 7) is 4.61. The van der Waals surface area contributed by atoms with Crippen LogP contribution in [0.5, 0.6) is 11.5 Å². The third-order valence-corrected chi connectivity index (χ3v) is 4.80. The number of halogens is 2. The van der Waals surface area contributed by atoms with Gasteiger partial charge < -0.3 is 9.47 Å². The molecule has 112 valence electrons. The lowest BCUT2D eigenvalue weighted by molar-refractivity contribution is 0.0969. The average molecular weight is 317 g/mol. The van der Waals surface area contributed by atoms with Crippen LogP contribution in [-0.2, 0) is 5.88 Å². The van der Waals surface area contributed by atoms with Gasteiger partial charge in [-0.2, -0.15) is 0 Å². The fraction of sp³-hybridized carbons (Fsp3) is 0.625. The minimum Gasteiger partial charge on any atom is -0.493 e. The second-order valence-electron chi connectivity index (χ2n) is 5.74. The van der Waals surface area contributed by atoms with Crippen molar-refractivity contribution in [1.29, 1.82) is 0 Å². The Morgan fingerprint density at radius 1 is 1.20 bits per heavy atom. The van der Waals surface area contributed by atoms with E-state index in [-0.39, 0.29) is 6.10 Å². The molecule has 0 N–H and O–H groups in total. The predicted octanol–water partition coefficient (Wildman–Crippen LogP) is 5.29. The predicted molar refractivity (Wildman–Crippen MR) is 84.2 cm³/mol. The summed E-state index contributed by atoms with van der Waals surface area (Å²) >= 11 is 12.1. The quantitative estimate of drug-likeness (QED) is 0.702. The first-order valence-corrected chi connectivity index (χ1v) is 8.05. The van der Waals surface area contributed by atoms with E-state index in [1.54, 1.807) is 13.2 Å². The molecule has 2 rings (SSSR count). The number of methoxy groups -OCH3 is 1. The van der Waals surface area contributed by atoms with Crippen molar-refractivity contribution in [2.45, 2.75) is 45.1 Å². The maximum absolute atomic E-state index is 6.21. The van der Waals surface area contributed by atoms with E-state index in [4.69, 9.17) is 32.7 Å². The van der Waals surface area contributed by atoms with E-state index in [9.17, 15) is 0 Å². The fourth-order valence-electron chi connectivity index (χ4n) is 2.78. The van der Waals surface area contributed by atoms with Gasteiger partial charge in [-0.15, -0.1) is 11.6 Å². The van der Waals surface area contributed by atoms with Gasteiger partial charge in [-0.3, -0.25) is 0 Å². The minimum atomic E-state index is 0.234. The number of alkyl halides is 1. The molecular formula is C16H22Cl2O2. The summed E-state index contributed by atoms with van der Waals surface area (Å²) in [5.74, 6) is 3.24. The maximum Gasteiger partial charge on any atom is 0.166 e. The van der Waals surface area contributed by atoms with E-state index in [2.05, 4.69) is 13.8 Å². The van der Waals surface area contributed by atoms with Crippen molar-refractivity contribution in [3.63, 3.8) is 0 Å². The Bertz CT molecular complexity index is 437. The summed E-state index contributed by atoms with van der Waals surface area (Å²) in [5.41, 5.74) is 0.891. The van der Waals surface area contributed by atoms with Crippen molar-refractivity contribution in [1.82, 2.24) is 0 Å². The first-order chi connectivity index (χ1) is 9.55. The highest BCUT2D eigenvalue weighted by molar-refractivity contribution is 6.31. The Labute approximate surface area is 131 Å². The van der Waals surface area contributed by atoms with E-state index in [1.807, 2.05) is 6.07 Å². The van der Waals surface area contributed by atoms with Crippen molar-refractivity contribution in [2.75, 3.05) is 7.11 Å². The van der Waals surface area contributed by atoms with E-state index in [0.717, 1.165) is 30.1 Å². The monoisotopic (exact) mass is 316 g/mol. The molecule has 0 amide bonds. The number of rotatable bonds is 4. The molecule has 1 aromatic rings. The van der Waals surface area contributed by atoms with Crippen LogP contribution in [-0.4, -0.2) is 13.2 Å². The Balaban J connectivity index is 2.20. The lowest BCUT2D eigenvalue weighted by Gasteiger charge is -2.33. The molecule has 0 radical (unpaired) electrons. The van der Waals surface area contributed by atoms with Crippen LogP contribution in [0.4, 0.5) is 0 Å². The molecule has 1 fully saturated rings. The molecule has 1 aromatic carbocycles. The Morgan fingerprint density at radius 2 is 1.95 bits per heavy atom. The number of hydrogen-bond acceptors (Lipinski definition) is 2. The topological polar surface area (TPSA) is 18.5 Å². The smallest absolute Gasteiger partial charge is 0.166 e. The molecule has 4 heteroatoms. The van der Waals surface area contributed by atoms with Crippen LogP contribution in [0.15, 0.2) is 12.1 Å². The highest BCUT2D eigenvalue weighted by Crippen LogP contribution is 2.39. The Hall–Kier alpha value is -0.600. The Morgan fingerprint density at radius 3 is 2.55 bits per heavy atom. The van der Waals surface area contributed by atoms with E-state index >= 15 is 0 Å². The van der Waals surface area contributed by atoms with Crippen LogP contribution >= 0.6 is 23.2 Å². The lowest BCUT2D eigenvalue weighted by Crippen LogP contribution is -2.29. The van der Waals surface area contributed by atoms with Gasteiger partial charge >= 0.3 is 0 Å². The van der Waals surface area contributed by atoms with Gasteiger partial charge in [-0.1, -0.05) is 25.4 Å². The first-order valence-electron chi connectivity index (χ1n) is 7.14. The van der Waals surface area contributed by atoms with Crippen LogP contribution < -0.4 is 9.47 Å². The van der Waals surface area contributed by atoms with Gasteiger partial charge in [0.25, 0.3) is 0 Å². The summed E-state index contributed by atoms with van der Waals surface area (Å²) in [7, 11) is 1.63. The molecule has 20 heavy (non-hydrogen) atoms. The van der Waals surface area contributed by atoms with Gasteiger partial charge in [0.1, 0.15) is 0 Å². The normalized spacial score (nSPS) is 26.4. The van der Waals surface area contributed by atoms with Crippen LogP contribution in [0.1, 0.15) is 38.7 Å². The Kier molecular flexibility index (Phi) is 5.45. The van der Waals surface area contributed by atoms with Gasteiger partial charge in [-0.25, -0.2) is 0 Å². The standard InChI is InChI=1S/C16H22Cl2O2/c1-10-4-5-14(6-11(10)2)20-16-12(9-17)7-13(18)8-15(16)19-3/h7-8,10-11,14H,4-6,9H2,1-3H3. The molecule has 1 aliphatic carbocycles. The molecule has 0 heterocycles. The minimum absolute atomic E-state index is 0.234.